The van der Waals surface area contributed by atoms with Crippen molar-refractivity contribution in [1.29, 1.82) is 0 Å². The van der Waals surface area contributed by atoms with Crippen LogP contribution in [-0.2, 0) is 0 Å². The zero-order valence-electron chi connectivity index (χ0n) is 12.1. The molecule has 0 heterocycles. The van der Waals surface area contributed by atoms with E-state index in [4.69, 9.17) is 0 Å². The summed E-state index contributed by atoms with van der Waals surface area (Å²) in [6, 6.07) is 0. The van der Waals surface area contributed by atoms with E-state index in [2.05, 4.69) is 44.2 Å². The predicted octanol–water partition coefficient (Wildman–Crippen LogP) is 5.67. The van der Waals surface area contributed by atoms with Gasteiger partial charge in [-0.15, -0.1) is 0 Å². The second kappa shape index (κ2) is 6.97. The van der Waals surface area contributed by atoms with Gasteiger partial charge in [0, 0.05) is 0 Å². The molecule has 0 aliphatic heterocycles. The SMILES string of the molecule is CC1C=CC(CCC/C=C/C2CCCC2C)=CC1. The lowest BCUT2D eigenvalue weighted by molar-refractivity contribution is 0.502. The molecular formula is C18H28. The van der Waals surface area contributed by atoms with Crippen molar-refractivity contribution in [2.75, 3.05) is 0 Å². The minimum atomic E-state index is 0.748. The van der Waals surface area contributed by atoms with Crippen LogP contribution in [0.15, 0.2) is 36.0 Å². The summed E-state index contributed by atoms with van der Waals surface area (Å²) in [6.07, 6.45) is 21.4. The Balaban J connectivity index is 1.61. The summed E-state index contributed by atoms with van der Waals surface area (Å²) in [5.41, 5.74) is 1.55. The minimum Gasteiger partial charge on any atom is -0.0882 e. The van der Waals surface area contributed by atoms with E-state index in [1.54, 1.807) is 5.57 Å². The maximum Gasteiger partial charge on any atom is -0.0208 e. The van der Waals surface area contributed by atoms with Crippen molar-refractivity contribution in [3.05, 3.63) is 36.0 Å². The van der Waals surface area contributed by atoms with Gasteiger partial charge in [0.1, 0.15) is 0 Å². The van der Waals surface area contributed by atoms with Crippen molar-refractivity contribution in [2.24, 2.45) is 17.8 Å². The molecule has 2 aliphatic carbocycles. The highest BCUT2D eigenvalue weighted by atomic mass is 14.2. The van der Waals surface area contributed by atoms with E-state index in [9.17, 15) is 0 Å². The number of hydrogen-bond acceptors (Lipinski definition) is 0. The van der Waals surface area contributed by atoms with Gasteiger partial charge in [0.25, 0.3) is 0 Å². The van der Waals surface area contributed by atoms with E-state index in [1.807, 2.05) is 0 Å². The summed E-state index contributed by atoms with van der Waals surface area (Å²) in [7, 11) is 0. The first kappa shape index (κ1) is 13.6. The van der Waals surface area contributed by atoms with Gasteiger partial charge in [-0.3, -0.25) is 0 Å². The first-order valence-electron chi connectivity index (χ1n) is 7.79. The molecule has 2 rings (SSSR count). The van der Waals surface area contributed by atoms with Gasteiger partial charge in [0.2, 0.25) is 0 Å². The Bertz CT molecular complexity index is 332. The van der Waals surface area contributed by atoms with Crippen molar-refractivity contribution in [3.8, 4) is 0 Å². The highest BCUT2D eigenvalue weighted by molar-refractivity contribution is 5.23. The second-order valence-electron chi connectivity index (χ2n) is 6.24. The molecule has 0 saturated heterocycles. The molecule has 0 radical (unpaired) electrons. The van der Waals surface area contributed by atoms with E-state index in [-0.39, 0.29) is 0 Å². The summed E-state index contributed by atoms with van der Waals surface area (Å²) in [6.45, 7) is 4.69. The maximum absolute atomic E-state index is 2.49. The first-order chi connectivity index (χ1) is 8.75. The zero-order valence-corrected chi connectivity index (χ0v) is 12.1. The largest absolute Gasteiger partial charge is 0.0882 e. The second-order valence-corrected chi connectivity index (χ2v) is 6.24. The molecule has 0 nitrogen and oxygen atoms in total. The van der Waals surface area contributed by atoms with Gasteiger partial charge in [-0.1, -0.05) is 62.6 Å². The summed E-state index contributed by atoms with van der Waals surface area (Å²) in [5, 5.41) is 0. The molecule has 3 unspecified atom stereocenters. The highest BCUT2D eigenvalue weighted by Crippen LogP contribution is 2.32. The molecule has 1 saturated carbocycles. The van der Waals surface area contributed by atoms with Crippen LogP contribution in [0.5, 0.6) is 0 Å². The molecule has 0 aromatic heterocycles. The fourth-order valence-electron chi connectivity index (χ4n) is 3.11. The van der Waals surface area contributed by atoms with Crippen molar-refractivity contribution in [3.63, 3.8) is 0 Å². The highest BCUT2D eigenvalue weighted by Gasteiger charge is 2.20. The molecule has 1 fully saturated rings. The van der Waals surface area contributed by atoms with Crippen LogP contribution in [0.2, 0.25) is 0 Å². The number of hydrogen-bond donors (Lipinski definition) is 0. The number of unbranched alkanes of at least 4 members (excludes halogenated alkanes) is 1. The van der Waals surface area contributed by atoms with Crippen LogP contribution < -0.4 is 0 Å². The third-order valence-electron chi connectivity index (χ3n) is 4.54. The summed E-state index contributed by atoms with van der Waals surface area (Å²) >= 11 is 0. The van der Waals surface area contributed by atoms with Gasteiger partial charge in [0.15, 0.2) is 0 Å². The number of rotatable bonds is 5. The fourth-order valence-corrected chi connectivity index (χ4v) is 3.11. The van der Waals surface area contributed by atoms with E-state index in [0.29, 0.717) is 0 Å². The number of allylic oxidation sites excluding steroid dienone is 6. The van der Waals surface area contributed by atoms with E-state index in [1.165, 1.54) is 44.9 Å². The third-order valence-corrected chi connectivity index (χ3v) is 4.54. The Morgan fingerprint density at radius 3 is 2.83 bits per heavy atom. The molecule has 0 aromatic carbocycles. The monoisotopic (exact) mass is 244 g/mol. The van der Waals surface area contributed by atoms with Crippen LogP contribution in [0, 0.1) is 17.8 Å². The van der Waals surface area contributed by atoms with Crippen LogP contribution in [0.3, 0.4) is 0 Å². The molecule has 0 amide bonds. The summed E-state index contributed by atoms with van der Waals surface area (Å²) in [5.74, 6) is 2.55. The van der Waals surface area contributed by atoms with E-state index >= 15 is 0 Å². The van der Waals surface area contributed by atoms with Gasteiger partial charge in [-0.05, 0) is 49.9 Å². The topological polar surface area (TPSA) is 0 Å². The normalized spacial score (nSPS) is 32.1. The maximum atomic E-state index is 2.49. The molecular weight excluding hydrogens is 216 g/mol. The van der Waals surface area contributed by atoms with Crippen molar-refractivity contribution in [1.82, 2.24) is 0 Å². The van der Waals surface area contributed by atoms with E-state index < -0.39 is 0 Å². The Labute approximate surface area is 113 Å². The van der Waals surface area contributed by atoms with Crippen molar-refractivity contribution in [2.45, 2.75) is 58.8 Å². The lowest BCUT2D eigenvalue weighted by atomic mass is 9.95. The van der Waals surface area contributed by atoms with Crippen LogP contribution in [0.25, 0.3) is 0 Å². The summed E-state index contributed by atoms with van der Waals surface area (Å²) in [4.78, 5) is 0. The first-order valence-corrected chi connectivity index (χ1v) is 7.79. The van der Waals surface area contributed by atoms with Gasteiger partial charge < -0.3 is 0 Å². The van der Waals surface area contributed by atoms with Crippen LogP contribution in [0.1, 0.15) is 58.8 Å². The lowest BCUT2D eigenvalue weighted by Gasteiger charge is -2.11. The van der Waals surface area contributed by atoms with E-state index in [0.717, 1.165) is 17.8 Å². The molecule has 0 N–H and O–H groups in total. The lowest BCUT2D eigenvalue weighted by Crippen LogP contribution is -1.99. The molecule has 100 valence electrons. The molecule has 2 aliphatic rings. The van der Waals surface area contributed by atoms with Crippen molar-refractivity contribution >= 4 is 0 Å². The molecule has 18 heavy (non-hydrogen) atoms. The van der Waals surface area contributed by atoms with Crippen LogP contribution in [-0.4, -0.2) is 0 Å². The van der Waals surface area contributed by atoms with Gasteiger partial charge in [-0.25, -0.2) is 0 Å². The Hall–Kier alpha value is -0.780. The average Bonchev–Trinajstić information content (AvgIpc) is 2.77. The minimum absolute atomic E-state index is 0.748. The Morgan fingerprint density at radius 1 is 1.28 bits per heavy atom. The Kier molecular flexibility index (Phi) is 5.28. The van der Waals surface area contributed by atoms with Crippen molar-refractivity contribution < 1.29 is 0 Å². The fraction of sp³-hybridized carbons (Fsp3) is 0.667. The molecule has 0 bridgehead atoms. The zero-order chi connectivity index (χ0) is 12.8. The molecule has 3 atom stereocenters. The smallest absolute Gasteiger partial charge is 0.0208 e. The van der Waals surface area contributed by atoms with Crippen LogP contribution >= 0.6 is 0 Å². The quantitative estimate of drug-likeness (QED) is 0.431. The van der Waals surface area contributed by atoms with Gasteiger partial charge >= 0.3 is 0 Å². The van der Waals surface area contributed by atoms with Gasteiger partial charge in [-0.2, -0.15) is 0 Å². The average molecular weight is 244 g/mol. The summed E-state index contributed by atoms with van der Waals surface area (Å²) < 4.78 is 0. The third kappa shape index (κ3) is 4.15. The predicted molar refractivity (Wildman–Crippen MR) is 80.5 cm³/mol. The standard InChI is InChI=1S/C18H28/c1-15-11-13-17(14-12-15)8-4-3-5-9-18-10-6-7-16(18)2/h5,9,11,13-16,18H,3-4,6-8,10,12H2,1-2H3/b9-5+. The van der Waals surface area contributed by atoms with Crippen LogP contribution in [0.4, 0.5) is 0 Å². The molecule has 0 aromatic rings. The molecule has 0 spiro atoms. The van der Waals surface area contributed by atoms with Gasteiger partial charge in [0.05, 0.1) is 0 Å². The Morgan fingerprint density at radius 2 is 2.17 bits per heavy atom. The molecule has 0 heteroatoms.